The average molecular weight is 493 g/mol. The molecule has 1 heterocycles. The molecule has 0 radical (unpaired) electrons. The SMILES string of the molecule is C=CCOc1ccc(CN(C)C(=O)c2ccccc2NS(=O)(=O)c2ccc3[nH]c(=O)[nH]c3c2)cc1. The molecule has 1 aromatic heterocycles. The molecule has 0 fully saturated rings. The molecule has 1 amide bonds. The van der Waals surface area contributed by atoms with E-state index in [4.69, 9.17) is 4.74 Å². The van der Waals surface area contributed by atoms with Crippen LogP contribution >= 0.6 is 0 Å². The van der Waals surface area contributed by atoms with Crippen LogP contribution in [0.4, 0.5) is 5.69 Å². The number of hydrogen-bond donors (Lipinski definition) is 3. The molecule has 4 rings (SSSR count). The summed E-state index contributed by atoms with van der Waals surface area (Å²) in [7, 11) is -2.38. The summed E-state index contributed by atoms with van der Waals surface area (Å²) in [6, 6.07) is 18.0. The van der Waals surface area contributed by atoms with Gasteiger partial charge < -0.3 is 19.6 Å². The number of benzene rings is 3. The summed E-state index contributed by atoms with van der Waals surface area (Å²) >= 11 is 0. The van der Waals surface area contributed by atoms with Crippen molar-refractivity contribution in [1.29, 1.82) is 0 Å². The number of carbonyl (C=O) groups is 1. The highest BCUT2D eigenvalue weighted by molar-refractivity contribution is 7.92. The van der Waals surface area contributed by atoms with E-state index < -0.39 is 15.7 Å². The van der Waals surface area contributed by atoms with E-state index in [0.717, 1.165) is 5.56 Å². The summed E-state index contributed by atoms with van der Waals surface area (Å²) in [5.74, 6) is 0.352. The van der Waals surface area contributed by atoms with Gasteiger partial charge in [0.25, 0.3) is 15.9 Å². The molecule has 0 aliphatic carbocycles. The predicted octanol–water partition coefficient (Wildman–Crippen LogP) is 3.49. The standard InChI is InChI=1S/C25H24N4O5S/c1-3-14-34-18-10-8-17(9-11-18)16-29(2)24(30)20-6-4-5-7-21(20)28-35(32,33)19-12-13-22-23(15-19)27-25(31)26-22/h3-13,15,28H,1,14,16H2,2H3,(H2,26,27,31). The van der Waals surface area contributed by atoms with E-state index >= 15 is 0 Å². The second kappa shape index (κ2) is 9.90. The Morgan fingerprint density at radius 3 is 2.51 bits per heavy atom. The molecule has 3 aromatic carbocycles. The Balaban J connectivity index is 1.53. The molecule has 0 atom stereocenters. The highest BCUT2D eigenvalue weighted by Gasteiger charge is 2.21. The van der Waals surface area contributed by atoms with Crippen LogP contribution in [0.1, 0.15) is 15.9 Å². The molecule has 3 N–H and O–H groups in total. The highest BCUT2D eigenvalue weighted by Crippen LogP contribution is 2.23. The lowest BCUT2D eigenvalue weighted by Crippen LogP contribution is -2.27. The fraction of sp³-hybridized carbons (Fsp3) is 0.120. The van der Waals surface area contributed by atoms with E-state index in [0.29, 0.717) is 29.9 Å². The van der Waals surface area contributed by atoms with Gasteiger partial charge in [0.2, 0.25) is 0 Å². The summed E-state index contributed by atoms with van der Waals surface area (Å²) in [6.45, 7) is 4.34. The second-order valence-electron chi connectivity index (χ2n) is 7.84. The van der Waals surface area contributed by atoms with Gasteiger partial charge in [-0.05, 0) is 48.0 Å². The third-order valence-electron chi connectivity index (χ3n) is 5.26. The van der Waals surface area contributed by atoms with Crippen LogP contribution in [0, 0.1) is 0 Å². The average Bonchev–Trinajstić information content (AvgIpc) is 3.22. The normalized spacial score (nSPS) is 11.2. The van der Waals surface area contributed by atoms with Crippen molar-refractivity contribution in [2.75, 3.05) is 18.4 Å². The van der Waals surface area contributed by atoms with Crippen molar-refractivity contribution < 1.29 is 17.9 Å². The van der Waals surface area contributed by atoms with E-state index in [2.05, 4.69) is 21.3 Å². The van der Waals surface area contributed by atoms with Crippen molar-refractivity contribution >= 4 is 32.7 Å². The number of para-hydroxylation sites is 1. The van der Waals surface area contributed by atoms with E-state index in [1.54, 1.807) is 31.3 Å². The van der Waals surface area contributed by atoms with Crippen LogP contribution in [0.2, 0.25) is 0 Å². The minimum Gasteiger partial charge on any atom is -0.490 e. The molecule has 0 bridgehead atoms. The second-order valence-corrected chi connectivity index (χ2v) is 9.52. The van der Waals surface area contributed by atoms with Crippen molar-refractivity contribution in [3.63, 3.8) is 0 Å². The van der Waals surface area contributed by atoms with Crippen molar-refractivity contribution in [2.24, 2.45) is 0 Å². The topological polar surface area (TPSA) is 124 Å². The van der Waals surface area contributed by atoms with E-state index in [1.807, 2.05) is 24.3 Å². The van der Waals surface area contributed by atoms with Crippen molar-refractivity contribution in [2.45, 2.75) is 11.4 Å². The molecule has 0 saturated heterocycles. The Hall–Kier alpha value is -4.31. The van der Waals surface area contributed by atoms with Crippen LogP contribution < -0.4 is 15.1 Å². The number of aromatic amines is 2. The maximum Gasteiger partial charge on any atom is 0.323 e. The minimum absolute atomic E-state index is 0.0466. The van der Waals surface area contributed by atoms with Gasteiger partial charge in [-0.2, -0.15) is 0 Å². The van der Waals surface area contributed by atoms with Crippen LogP contribution in [-0.2, 0) is 16.6 Å². The maximum atomic E-state index is 13.2. The number of carbonyl (C=O) groups excluding carboxylic acids is 1. The van der Waals surface area contributed by atoms with Crippen LogP contribution in [0.25, 0.3) is 11.0 Å². The predicted molar refractivity (Wildman–Crippen MR) is 134 cm³/mol. The van der Waals surface area contributed by atoms with Crippen molar-refractivity contribution in [3.8, 4) is 5.75 Å². The number of imidazole rings is 1. The van der Waals surface area contributed by atoms with E-state index in [-0.39, 0.29) is 22.1 Å². The lowest BCUT2D eigenvalue weighted by atomic mass is 10.1. The van der Waals surface area contributed by atoms with Gasteiger partial charge in [-0.3, -0.25) is 9.52 Å². The monoisotopic (exact) mass is 492 g/mol. The van der Waals surface area contributed by atoms with E-state index in [9.17, 15) is 18.0 Å². The third-order valence-corrected chi connectivity index (χ3v) is 6.62. The molecule has 180 valence electrons. The Bertz CT molecular complexity index is 1540. The number of hydrogen-bond acceptors (Lipinski definition) is 5. The van der Waals surface area contributed by atoms with Gasteiger partial charge in [0.1, 0.15) is 12.4 Å². The lowest BCUT2D eigenvalue weighted by molar-refractivity contribution is 0.0786. The fourth-order valence-electron chi connectivity index (χ4n) is 3.54. The van der Waals surface area contributed by atoms with Gasteiger partial charge in [-0.1, -0.05) is 36.9 Å². The number of nitrogens with zero attached hydrogens (tertiary/aromatic N) is 1. The largest absolute Gasteiger partial charge is 0.490 e. The first-order valence-corrected chi connectivity index (χ1v) is 12.2. The number of rotatable bonds is 9. The molecule has 10 heteroatoms. The molecule has 0 aliphatic heterocycles. The Morgan fingerprint density at radius 2 is 1.77 bits per heavy atom. The van der Waals surface area contributed by atoms with Gasteiger partial charge in [-0.15, -0.1) is 0 Å². The zero-order valence-electron chi connectivity index (χ0n) is 18.9. The number of sulfonamides is 1. The molecule has 0 aliphatic rings. The first kappa shape index (κ1) is 23.8. The Kier molecular flexibility index (Phi) is 6.74. The molecule has 0 saturated carbocycles. The third kappa shape index (κ3) is 5.44. The van der Waals surface area contributed by atoms with E-state index in [1.165, 1.54) is 29.2 Å². The molecular formula is C25H24N4O5S. The zero-order valence-corrected chi connectivity index (χ0v) is 19.8. The van der Waals surface area contributed by atoms with Gasteiger partial charge >= 0.3 is 5.69 Å². The quantitative estimate of drug-likeness (QED) is 0.309. The summed E-state index contributed by atoms with van der Waals surface area (Å²) in [6.07, 6.45) is 1.66. The Morgan fingerprint density at radius 1 is 1.06 bits per heavy atom. The van der Waals surface area contributed by atoms with Gasteiger partial charge in [0, 0.05) is 13.6 Å². The summed E-state index contributed by atoms with van der Waals surface area (Å²) < 4.78 is 34.0. The number of ether oxygens (including phenoxy) is 1. The fourth-order valence-corrected chi connectivity index (χ4v) is 4.64. The van der Waals surface area contributed by atoms with Crippen LogP contribution in [0.5, 0.6) is 5.75 Å². The molecule has 4 aromatic rings. The molecular weight excluding hydrogens is 468 g/mol. The van der Waals surface area contributed by atoms with Crippen LogP contribution in [0.3, 0.4) is 0 Å². The van der Waals surface area contributed by atoms with Crippen molar-refractivity contribution in [3.05, 3.63) is 101 Å². The molecule has 9 nitrogen and oxygen atoms in total. The summed E-state index contributed by atoms with van der Waals surface area (Å²) in [5, 5.41) is 0. The number of anilines is 1. The molecule has 35 heavy (non-hydrogen) atoms. The summed E-state index contributed by atoms with van der Waals surface area (Å²) in [5.41, 5.74) is 1.68. The Labute approximate surface area is 202 Å². The van der Waals surface area contributed by atoms with Gasteiger partial charge in [0.05, 0.1) is 27.2 Å². The first-order valence-electron chi connectivity index (χ1n) is 10.7. The first-order chi connectivity index (χ1) is 16.8. The minimum atomic E-state index is -4.03. The number of H-pyrrole nitrogens is 2. The highest BCUT2D eigenvalue weighted by atomic mass is 32.2. The summed E-state index contributed by atoms with van der Waals surface area (Å²) in [4.78, 5) is 31.2. The van der Waals surface area contributed by atoms with Crippen molar-refractivity contribution in [1.82, 2.24) is 14.9 Å². The van der Waals surface area contributed by atoms with Gasteiger partial charge in [0.15, 0.2) is 0 Å². The molecule has 0 spiro atoms. The van der Waals surface area contributed by atoms with Crippen LogP contribution in [-0.4, -0.2) is 42.8 Å². The smallest absolute Gasteiger partial charge is 0.323 e. The maximum absolute atomic E-state index is 13.2. The van der Waals surface area contributed by atoms with Crippen LogP contribution in [0.15, 0.2) is 89.1 Å². The number of amides is 1. The van der Waals surface area contributed by atoms with Gasteiger partial charge in [-0.25, -0.2) is 13.2 Å². The molecule has 0 unspecified atom stereocenters. The zero-order chi connectivity index (χ0) is 25.0. The number of fused-ring (bicyclic) bond motifs is 1. The lowest BCUT2D eigenvalue weighted by Gasteiger charge is -2.20. The number of aromatic nitrogens is 2. The number of nitrogens with one attached hydrogen (secondary N) is 3.